The smallest absolute Gasteiger partial charge is 0.273 e. The molecular formula is C45H52N4O7S2. The van der Waals surface area contributed by atoms with E-state index in [9.17, 15) is 25.0 Å². The highest BCUT2D eigenvalue weighted by Gasteiger charge is 2.25. The Morgan fingerprint density at radius 3 is 1.40 bits per heavy atom. The van der Waals surface area contributed by atoms with Gasteiger partial charge in [-0.15, -0.1) is 0 Å². The summed E-state index contributed by atoms with van der Waals surface area (Å²) in [6.07, 6.45) is 5.09. The molecule has 0 spiro atoms. The van der Waals surface area contributed by atoms with Gasteiger partial charge in [0.15, 0.2) is 5.78 Å². The summed E-state index contributed by atoms with van der Waals surface area (Å²) in [5, 5.41) is 22.9. The molecule has 58 heavy (non-hydrogen) atoms. The largest absolute Gasteiger partial charge is 0.492 e. The predicted octanol–water partition coefficient (Wildman–Crippen LogP) is 10.6. The van der Waals surface area contributed by atoms with E-state index in [1.54, 1.807) is 47.8 Å². The lowest BCUT2D eigenvalue weighted by Gasteiger charge is -2.22. The van der Waals surface area contributed by atoms with Crippen LogP contribution in [0.4, 0.5) is 22.7 Å². The first-order valence-electron chi connectivity index (χ1n) is 19.8. The summed E-state index contributed by atoms with van der Waals surface area (Å²) in [7, 11) is 0. The molecular weight excluding hydrogens is 773 g/mol. The highest BCUT2D eigenvalue weighted by Crippen LogP contribution is 2.36. The van der Waals surface area contributed by atoms with E-state index in [0.717, 1.165) is 48.7 Å². The molecule has 0 heterocycles. The minimum Gasteiger partial charge on any atom is -0.492 e. The zero-order chi connectivity index (χ0) is 41.4. The normalized spacial score (nSPS) is 13.9. The summed E-state index contributed by atoms with van der Waals surface area (Å²) >= 11 is 3.15. The molecule has 11 nitrogen and oxygen atoms in total. The fourth-order valence-corrected chi connectivity index (χ4v) is 8.49. The molecule has 0 unspecified atom stereocenters. The SMILES string of the molecule is CCN(CC)c1ccc(/C=C2\CC/C(=C\c3ccc(N(CC)CC)cc3OCCSCc3ccccc3[N+](=O)[O-])C2=O)c(OCCSCc2ccccc2[N+](=O)[O-])c1. The molecule has 0 atom stereocenters. The molecule has 1 saturated carbocycles. The van der Waals surface area contributed by atoms with Crippen molar-refractivity contribution in [3.8, 4) is 11.5 Å². The molecule has 1 aliphatic carbocycles. The molecule has 0 amide bonds. The van der Waals surface area contributed by atoms with Crippen molar-refractivity contribution in [1.29, 1.82) is 0 Å². The number of ether oxygens (including phenoxy) is 2. The van der Waals surface area contributed by atoms with Crippen LogP contribution in [-0.4, -0.2) is 66.5 Å². The molecule has 1 aliphatic rings. The highest BCUT2D eigenvalue weighted by atomic mass is 32.2. The molecule has 1 fully saturated rings. The molecule has 0 aliphatic heterocycles. The van der Waals surface area contributed by atoms with Gasteiger partial charge in [-0.1, -0.05) is 36.4 Å². The molecule has 0 N–H and O–H groups in total. The second-order valence-electron chi connectivity index (χ2n) is 13.5. The first-order valence-corrected chi connectivity index (χ1v) is 22.1. The maximum atomic E-state index is 14.0. The monoisotopic (exact) mass is 824 g/mol. The van der Waals surface area contributed by atoms with E-state index in [1.807, 2.05) is 48.6 Å². The third kappa shape index (κ3) is 11.7. The predicted molar refractivity (Wildman–Crippen MR) is 240 cm³/mol. The van der Waals surface area contributed by atoms with Crippen LogP contribution in [0.3, 0.4) is 0 Å². The van der Waals surface area contributed by atoms with Gasteiger partial charge in [-0.05, 0) is 77.0 Å². The zero-order valence-electron chi connectivity index (χ0n) is 33.7. The Morgan fingerprint density at radius 2 is 1.02 bits per heavy atom. The number of nitro groups is 2. The van der Waals surface area contributed by atoms with Crippen LogP contribution in [0, 0.1) is 20.2 Å². The fourth-order valence-electron chi connectivity index (χ4n) is 6.87. The summed E-state index contributed by atoms with van der Waals surface area (Å²) in [6, 6.07) is 25.8. The highest BCUT2D eigenvalue weighted by molar-refractivity contribution is 7.98. The minimum absolute atomic E-state index is 0.00226. The number of anilines is 2. The second kappa shape index (κ2) is 22.0. The quantitative estimate of drug-likeness (QED) is 0.0325. The van der Waals surface area contributed by atoms with Crippen molar-refractivity contribution < 1.29 is 24.1 Å². The molecule has 0 saturated heterocycles. The number of Topliss-reactive ketones (excluding diaryl/α,β-unsaturated/α-hetero) is 1. The summed E-state index contributed by atoms with van der Waals surface area (Å²) in [6.45, 7) is 12.6. The lowest BCUT2D eigenvalue weighted by molar-refractivity contribution is -0.385. The Labute approximate surface area is 349 Å². The van der Waals surface area contributed by atoms with E-state index >= 15 is 0 Å². The van der Waals surface area contributed by atoms with E-state index in [4.69, 9.17) is 9.47 Å². The summed E-state index contributed by atoms with van der Waals surface area (Å²) in [4.78, 5) is 40.6. The Kier molecular flexibility index (Phi) is 16.7. The van der Waals surface area contributed by atoms with Crippen LogP contribution < -0.4 is 19.3 Å². The Morgan fingerprint density at radius 1 is 0.621 bits per heavy atom. The summed E-state index contributed by atoms with van der Waals surface area (Å²) in [5.74, 6) is 3.66. The lowest BCUT2D eigenvalue weighted by Crippen LogP contribution is -2.21. The van der Waals surface area contributed by atoms with E-state index in [1.165, 1.54) is 12.1 Å². The number of carbonyl (C=O) groups excluding carboxylic acids is 1. The van der Waals surface area contributed by atoms with Crippen LogP contribution in [0.5, 0.6) is 11.5 Å². The van der Waals surface area contributed by atoms with Gasteiger partial charge in [-0.25, -0.2) is 0 Å². The summed E-state index contributed by atoms with van der Waals surface area (Å²) < 4.78 is 12.7. The van der Waals surface area contributed by atoms with Crippen molar-refractivity contribution in [1.82, 2.24) is 0 Å². The number of hydrogen-bond donors (Lipinski definition) is 0. The van der Waals surface area contributed by atoms with Crippen molar-refractivity contribution in [2.24, 2.45) is 0 Å². The van der Waals surface area contributed by atoms with Gasteiger partial charge in [0.25, 0.3) is 11.4 Å². The van der Waals surface area contributed by atoms with Crippen LogP contribution in [0.2, 0.25) is 0 Å². The standard InChI is InChI=1S/C45H52N4O7S2/c1-5-46(6-2)39-21-19-33(43(29-39)55-23-25-57-31-37-13-9-11-15-41(37)48(51)52)27-35-17-18-36(45(35)50)28-34-20-22-40(47(7-3)8-4)30-44(34)56-24-26-58-32-38-14-10-12-16-42(38)49(53)54/h9-16,19-22,27-30H,5-8,17-18,23-26,31-32H2,1-4H3/b35-27+,36-28+. The Bertz CT molecular complexity index is 1970. The summed E-state index contributed by atoms with van der Waals surface area (Å²) in [5.41, 5.74) is 6.77. The van der Waals surface area contributed by atoms with Gasteiger partial charge in [0, 0.05) is 118 Å². The molecule has 5 rings (SSSR count). The Hall–Kier alpha value is -5.27. The van der Waals surface area contributed by atoms with Crippen molar-refractivity contribution in [2.75, 3.05) is 60.7 Å². The van der Waals surface area contributed by atoms with Crippen molar-refractivity contribution in [3.05, 3.63) is 139 Å². The zero-order valence-corrected chi connectivity index (χ0v) is 35.3. The second-order valence-corrected chi connectivity index (χ2v) is 15.7. The van der Waals surface area contributed by atoms with Crippen LogP contribution in [0.1, 0.15) is 62.8 Å². The maximum Gasteiger partial charge on any atom is 0.273 e. The number of hydrogen-bond acceptors (Lipinski definition) is 11. The van der Waals surface area contributed by atoms with Gasteiger partial charge in [0.2, 0.25) is 0 Å². The van der Waals surface area contributed by atoms with Crippen molar-refractivity contribution >= 4 is 64.2 Å². The van der Waals surface area contributed by atoms with Gasteiger partial charge in [-0.2, -0.15) is 23.5 Å². The molecule has 13 heteroatoms. The van der Waals surface area contributed by atoms with Gasteiger partial charge in [-0.3, -0.25) is 25.0 Å². The van der Waals surface area contributed by atoms with E-state index in [0.29, 0.717) is 82.8 Å². The lowest BCUT2D eigenvalue weighted by atomic mass is 10.0. The molecule has 0 aromatic heterocycles. The number of para-hydroxylation sites is 2. The number of thioether (sulfide) groups is 2. The van der Waals surface area contributed by atoms with Crippen LogP contribution in [-0.2, 0) is 16.3 Å². The number of rotatable bonds is 22. The maximum absolute atomic E-state index is 14.0. The molecule has 4 aromatic rings. The minimum atomic E-state index is -0.347. The topological polar surface area (TPSA) is 128 Å². The van der Waals surface area contributed by atoms with E-state index in [-0.39, 0.29) is 27.0 Å². The van der Waals surface area contributed by atoms with Crippen LogP contribution in [0.25, 0.3) is 12.2 Å². The third-order valence-corrected chi connectivity index (χ3v) is 12.0. The van der Waals surface area contributed by atoms with Crippen LogP contribution in [0.15, 0.2) is 96.1 Å². The number of carbonyl (C=O) groups is 1. The van der Waals surface area contributed by atoms with Crippen LogP contribution >= 0.6 is 23.5 Å². The third-order valence-electron chi connectivity index (χ3n) is 10.0. The number of benzene rings is 4. The number of nitrogens with zero attached hydrogens (tertiary/aromatic N) is 4. The molecule has 0 bridgehead atoms. The first kappa shape index (κ1) is 43.8. The fraction of sp³-hybridized carbons (Fsp3) is 0.356. The number of nitro benzene ring substituents is 2. The van der Waals surface area contributed by atoms with Gasteiger partial charge < -0.3 is 19.3 Å². The van der Waals surface area contributed by atoms with Gasteiger partial charge in [0.05, 0.1) is 23.1 Å². The average molecular weight is 825 g/mol. The average Bonchev–Trinajstić information content (AvgIpc) is 3.57. The Balaban J connectivity index is 1.30. The number of ketones is 1. The number of allylic oxidation sites excluding steroid dienone is 2. The molecule has 4 aromatic carbocycles. The van der Waals surface area contributed by atoms with Gasteiger partial charge in [0.1, 0.15) is 11.5 Å². The molecule has 306 valence electrons. The van der Waals surface area contributed by atoms with Gasteiger partial charge >= 0.3 is 0 Å². The van der Waals surface area contributed by atoms with E-state index < -0.39 is 0 Å². The van der Waals surface area contributed by atoms with Crippen molar-refractivity contribution in [2.45, 2.75) is 52.0 Å². The van der Waals surface area contributed by atoms with Crippen molar-refractivity contribution in [3.63, 3.8) is 0 Å². The first-order chi connectivity index (χ1) is 28.2. The van der Waals surface area contributed by atoms with E-state index in [2.05, 4.69) is 49.6 Å². The molecule has 0 radical (unpaired) electrons.